The van der Waals surface area contributed by atoms with Crippen molar-refractivity contribution >= 4 is 11.8 Å². The van der Waals surface area contributed by atoms with Crippen LogP contribution < -0.4 is 16.1 Å². The number of hydroxylamine groups is 1. The van der Waals surface area contributed by atoms with Gasteiger partial charge in [0.2, 0.25) is 5.54 Å². The van der Waals surface area contributed by atoms with Crippen molar-refractivity contribution in [1.29, 1.82) is 0 Å². The van der Waals surface area contributed by atoms with Gasteiger partial charge in [0.1, 0.15) is 5.82 Å². The van der Waals surface area contributed by atoms with E-state index >= 15 is 0 Å². The molecule has 0 aromatic heterocycles. The van der Waals surface area contributed by atoms with Gasteiger partial charge < -0.3 is 15.8 Å². The molecule has 0 bridgehead atoms. The first kappa shape index (κ1) is 12.3. The average molecular weight is 247 g/mol. The zero-order valence-corrected chi connectivity index (χ0v) is 9.56. The first-order chi connectivity index (χ1) is 8.58. The fourth-order valence-electron chi connectivity index (χ4n) is 1.83. The normalized spacial score (nSPS) is 18.2. The summed E-state index contributed by atoms with van der Waals surface area (Å²) in [7, 11) is 0. The molecule has 0 saturated carbocycles. The number of benzene rings is 1. The van der Waals surface area contributed by atoms with Crippen LogP contribution in [0.15, 0.2) is 42.7 Å². The van der Waals surface area contributed by atoms with Crippen LogP contribution in [0, 0.1) is 0 Å². The minimum atomic E-state index is -1.73. The quantitative estimate of drug-likeness (QED) is 0.434. The number of carbonyl (C=O) groups is 2. The lowest BCUT2D eigenvalue weighted by atomic mass is 9.88. The third-order valence-corrected chi connectivity index (χ3v) is 2.81. The molecule has 1 aliphatic heterocycles. The number of carbonyl (C=O) groups excluding carboxylic acids is 2. The van der Waals surface area contributed by atoms with E-state index < -0.39 is 17.4 Å². The predicted molar refractivity (Wildman–Crippen MR) is 63.2 cm³/mol. The summed E-state index contributed by atoms with van der Waals surface area (Å²) in [5.41, 5.74) is 0.834. The Balaban J connectivity index is 2.33. The highest BCUT2D eigenvalue weighted by Crippen LogP contribution is 2.17. The lowest BCUT2D eigenvalue weighted by Gasteiger charge is -2.34. The number of hydrogen-bond acceptors (Lipinski definition) is 4. The summed E-state index contributed by atoms with van der Waals surface area (Å²) in [5.74, 6) is -1.17. The maximum absolute atomic E-state index is 11.9. The lowest BCUT2D eigenvalue weighted by molar-refractivity contribution is -0.146. The minimum Gasteiger partial charge on any atom is -0.315 e. The fourth-order valence-corrected chi connectivity index (χ4v) is 1.83. The van der Waals surface area contributed by atoms with Crippen LogP contribution in [0.1, 0.15) is 5.56 Å². The Morgan fingerprint density at radius 3 is 2.22 bits per heavy atom. The molecule has 1 aromatic rings. The van der Waals surface area contributed by atoms with Crippen molar-refractivity contribution in [2.24, 2.45) is 0 Å². The molecule has 2 amide bonds. The second kappa shape index (κ2) is 4.59. The molecule has 1 fully saturated rings. The molecule has 0 spiro atoms. The smallest absolute Gasteiger partial charge is 0.258 e. The molecule has 2 rings (SSSR count). The van der Waals surface area contributed by atoms with Gasteiger partial charge in [-0.3, -0.25) is 9.59 Å². The summed E-state index contributed by atoms with van der Waals surface area (Å²) in [4.78, 5) is 23.8. The summed E-state index contributed by atoms with van der Waals surface area (Å²) in [6.07, 6.45) is 0.0370. The Morgan fingerprint density at radius 2 is 1.72 bits per heavy atom. The summed E-state index contributed by atoms with van der Waals surface area (Å²) < 4.78 is 0. The van der Waals surface area contributed by atoms with Gasteiger partial charge in [-0.05, 0) is 5.56 Å². The van der Waals surface area contributed by atoms with Gasteiger partial charge in [-0.25, -0.2) is 0 Å². The van der Waals surface area contributed by atoms with E-state index in [0.717, 1.165) is 5.56 Å². The maximum atomic E-state index is 11.9. The molecule has 18 heavy (non-hydrogen) atoms. The van der Waals surface area contributed by atoms with E-state index in [-0.39, 0.29) is 12.2 Å². The largest absolute Gasteiger partial charge is 0.315 e. The van der Waals surface area contributed by atoms with Crippen molar-refractivity contribution in [2.75, 3.05) is 0 Å². The third kappa shape index (κ3) is 1.99. The monoisotopic (exact) mass is 247 g/mol. The van der Waals surface area contributed by atoms with Crippen LogP contribution in [-0.2, 0) is 16.0 Å². The van der Waals surface area contributed by atoms with Gasteiger partial charge >= 0.3 is 0 Å². The van der Waals surface area contributed by atoms with Crippen LogP contribution in [0.3, 0.4) is 0 Å². The van der Waals surface area contributed by atoms with E-state index in [1.165, 1.54) is 0 Å². The van der Waals surface area contributed by atoms with Gasteiger partial charge in [0.25, 0.3) is 11.8 Å². The molecule has 94 valence electrons. The summed E-state index contributed by atoms with van der Waals surface area (Å²) in [6.45, 7) is 3.45. The zero-order valence-electron chi connectivity index (χ0n) is 9.56. The van der Waals surface area contributed by atoms with Crippen molar-refractivity contribution in [3.63, 3.8) is 0 Å². The molecule has 4 N–H and O–H groups in total. The van der Waals surface area contributed by atoms with Gasteiger partial charge in [-0.15, -0.1) is 0 Å². The second-order valence-corrected chi connectivity index (χ2v) is 4.07. The van der Waals surface area contributed by atoms with E-state index in [0.29, 0.717) is 0 Å². The van der Waals surface area contributed by atoms with Gasteiger partial charge in [0, 0.05) is 6.42 Å². The Bertz CT molecular complexity index is 479. The fraction of sp³-hybridized carbons (Fsp3) is 0.167. The van der Waals surface area contributed by atoms with Gasteiger partial charge in [0.15, 0.2) is 0 Å². The molecule has 0 radical (unpaired) electrons. The van der Waals surface area contributed by atoms with Gasteiger partial charge in [-0.1, -0.05) is 36.9 Å². The van der Waals surface area contributed by atoms with Crippen LogP contribution in [0.25, 0.3) is 0 Å². The molecule has 1 aromatic carbocycles. The third-order valence-electron chi connectivity index (χ3n) is 2.81. The molecular formula is C12H13N3O3. The van der Waals surface area contributed by atoms with Crippen molar-refractivity contribution in [3.8, 4) is 0 Å². The van der Waals surface area contributed by atoms with Gasteiger partial charge in [0.05, 0.1) is 0 Å². The van der Waals surface area contributed by atoms with Crippen LogP contribution in [-0.4, -0.2) is 22.6 Å². The Morgan fingerprint density at radius 1 is 1.17 bits per heavy atom. The molecular weight excluding hydrogens is 234 g/mol. The van der Waals surface area contributed by atoms with Crippen LogP contribution >= 0.6 is 0 Å². The molecule has 1 aliphatic rings. The Hall–Kier alpha value is -2.18. The first-order valence-electron chi connectivity index (χ1n) is 5.35. The van der Waals surface area contributed by atoms with E-state index in [2.05, 4.69) is 17.2 Å². The zero-order chi connectivity index (χ0) is 13.2. The van der Waals surface area contributed by atoms with E-state index in [1.54, 1.807) is 24.3 Å². The lowest BCUT2D eigenvalue weighted by Crippen LogP contribution is -2.70. The van der Waals surface area contributed by atoms with Crippen LogP contribution in [0.5, 0.6) is 0 Å². The van der Waals surface area contributed by atoms with Crippen molar-refractivity contribution in [1.82, 2.24) is 16.1 Å². The highest BCUT2D eigenvalue weighted by Gasteiger charge is 2.49. The topological polar surface area (TPSA) is 90.5 Å². The summed E-state index contributed by atoms with van der Waals surface area (Å²) in [6, 6.07) is 8.94. The standard InChI is InChI=1S/C12H13N3O3/c1-8-13-10(16)12(15-18,11(17)14-8)7-9-5-3-2-4-6-9/h2-6,15,18H,1,7H2,(H,13,16)(H,14,17). The number of rotatable bonds is 3. The van der Waals surface area contributed by atoms with Gasteiger partial charge in [-0.2, -0.15) is 5.48 Å². The predicted octanol–water partition coefficient (Wildman–Crippen LogP) is -0.336. The van der Waals surface area contributed by atoms with Crippen LogP contribution in [0.4, 0.5) is 0 Å². The van der Waals surface area contributed by atoms with Crippen molar-refractivity contribution in [2.45, 2.75) is 12.0 Å². The summed E-state index contributed by atoms with van der Waals surface area (Å²) >= 11 is 0. The summed E-state index contributed by atoms with van der Waals surface area (Å²) in [5, 5.41) is 14.0. The highest BCUT2D eigenvalue weighted by atomic mass is 16.5. The van der Waals surface area contributed by atoms with E-state index in [1.807, 2.05) is 11.5 Å². The van der Waals surface area contributed by atoms with E-state index in [4.69, 9.17) is 0 Å². The van der Waals surface area contributed by atoms with Crippen LogP contribution in [0.2, 0.25) is 0 Å². The van der Waals surface area contributed by atoms with E-state index in [9.17, 15) is 14.8 Å². The maximum Gasteiger partial charge on any atom is 0.258 e. The molecule has 6 heteroatoms. The molecule has 0 unspecified atom stereocenters. The Kier molecular flexibility index (Phi) is 3.14. The first-order valence-corrected chi connectivity index (χ1v) is 5.35. The molecule has 0 aliphatic carbocycles. The molecule has 6 nitrogen and oxygen atoms in total. The average Bonchev–Trinajstić information content (AvgIpc) is 2.35. The minimum absolute atomic E-state index is 0.0370. The molecule has 1 heterocycles. The number of nitrogens with one attached hydrogen (secondary N) is 3. The number of hydrogen-bond donors (Lipinski definition) is 4. The highest BCUT2D eigenvalue weighted by molar-refractivity contribution is 6.13. The molecule has 1 saturated heterocycles. The van der Waals surface area contributed by atoms with Crippen molar-refractivity contribution in [3.05, 3.63) is 48.3 Å². The SMILES string of the molecule is C=C1NC(=O)C(Cc2ccccc2)(NO)C(=O)N1. The second-order valence-electron chi connectivity index (χ2n) is 4.07. The Labute approximate surface area is 104 Å². The number of amides is 2. The van der Waals surface area contributed by atoms with Crippen molar-refractivity contribution < 1.29 is 14.8 Å². The molecule has 0 atom stereocenters.